The van der Waals surface area contributed by atoms with Crippen LogP contribution in [-0.2, 0) is 4.84 Å². The number of fused-ring (bicyclic) bond motifs is 1. The predicted octanol–water partition coefficient (Wildman–Crippen LogP) is 1.90. The summed E-state index contributed by atoms with van der Waals surface area (Å²) in [5.74, 6) is -0.352. The number of para-hydroxylation sites is 1. The minimum Gasteiger partial charge on any atom is -0.364 e. The molecule has 4 nitrogen and oxygen atoms in total. The lowest BCUT2D eigenvalue weighted by Gasteiger charge is -2.28. The fraction of sp³-hybridized carbons (Fsp3) is 0.364. The molecular formula is C11H14N2O2. The van der Waals surface area contributed by atoms with Gasteiger partial charge in [0.25, 0.3) is 0 Å². The molecule has 80 valence electrons. The van der Waals surface area contributed by atoms with Crippen molar-refractivity contribution in [1.29, 1.82) is 0 Å². The molecule has 1 aromatic carbocycles. The first-order valence-corrected chi connectivity index (χ1v) is 5.00. The second-order valence-corrected chi connectivity index (χ2v) is 3.85. The van der Waals surface area contributed by atoms with Crippen LogP contribution in [0.5, 0.6) is 0 Å². The second kappa shape index (κ2) is 3.55. The molecule has 0 unspecified atom stereocenters. The van der Waals surface area contributed by atoms with Crippen molar-refractivity contribution in [1.82, 2.24) is 5.48 Å². The Morgan fingerprint density at radius 1 is 1.40 bits per heavy atom. The molecule has 2 N–H and O–H groups in total. The highest BCUT2D eigenvalue weighted by Gasteiger charge is 2.29. The first-order chi connectivity index (χ1) is 7.14. The van der Waals surface area contributed by atoms with Gasteiger partial charge in [-0.2, -0.15) is 0 Å². The van der Waals surface area contributed by atoms with Gasteiger partial charge in [0.2, 0.25) is 0 Å². The van der Waals surface area contributed by atoms with Crippen molar-refractivity contribution in [3.8, 4) is 0 Å². The van der Waals surface area contributed by atoms with Gasteiger partial charge >= 0.3 is 5.97 Å². The maximum absolute atomic E-state index is 11.6. The van der Waals surface area contributed by atoms with E-state index in [-0.39, 0.29) is 5.97 Å². The van der Waals surface area contributed by atoms with Crippen LogP contribution in [0.1, 0.15) is 30.6 Å². The molecule has 0 saturated heterocycles. The van der Waals surface area contributed by atoms with Crippen LogP contribution in [-0.4, -0.2) is 11.6 Å². The lowest BCUT2D eigenvalue weighted by atomic mass is 10.1. The molecule has 0 fully saturated rings. The molecule has 0 radical (unpaired) electrons. The van der Waals surface area contributed by atoms with Crippen LogP contribution in [0.15, 0.2) is 24.3 Å². The minimum atomic E-state index is -0.414. The zero-order chi connectivity index (χ0) is 10.9. The van der Waals surface area contributed by atoms with Gasteiger partial charge in [-0.1, -0.05) is 19.1 Å². The third-order valence-corrected chi connectivity index (χ3v) is 2.63. The van der Waals surface area contributed by atoms with Crippen LogP contribution < -0.4 is 10.8 Å². The number of hydrogen-bond acceptors (Lipinski definition) is 4. The van der Waals surface area contributed by atoms with Crippen molar-refractivity contribution in [2.75, 3.05) is 5.32 Å². The number of hydrogen-bond donors (Lipinski definition) is 2. The highest BCUT2D eigenvalue weighted by Crippen LogP contribution is 2.24. The Balaban J connectivity index is 2.42. The van der Waals surface area contributed by atoms with E-state index in [9.17, 15) is 4.79 Å². The summed E-state index contributed by atoms with van der Waals surface area (Å²) < 4.78 is 0. The number of anilines is 1. The van der Waals surface area contributed by atoms with E-state index in [1.807, 2.05) is 32.0 Å². The Labute approximate surface area is 88.6 Å². The summed E-state index contributed by atoms with van der Waals surface area (Å²) in [5.41, 5.74) is 3.69. The Morgan fingerprint density at radius 3 is 2.87 bits per heavy atom. The third kappa shape index (κ3) is 1.80. The second-order valence-electron chi connectivity index (χ2n) is 3.85. The first-order valence-electron chi connectivity index (χ1n) is 5.00. The summed E-state index contributed by atoms with van der Waals surface area (Å²) in [6.07, 6.45) is 0.800. The monoisotopic (exact) mass is 206 g/mol. The molecule has 15 heavy (non-hydrogen) atoms. The number of nitrogens with one attached hydrogen (secondary N) is 2. The van der Waals surface area contributed by atoms with Crippen LogP contribution in [0.25, 0.3) is 0 Å². The van der Waals surface area contributed by atoms with Crippen LogP contribution in [0.3, 0.4) is 0 Å². The molecule has 0 saturated carbocycles. The normalized spacial score (nSPS) is 24.8. The van der Waals surface area contributed by atoms with Gasteiger partial charge in [-0.25, -0.2) is 4.79 Å². The summed E-state index contributed by atoms with van der Waals surface area (Å²) in [4.78, 5) is 16.6. The van der Waals surface area contributed by atoms with Gasteiger partial charge in [0.15, 0.2) is 0 Å². The Morgan fingerprint density at radius 2 is 2.13 bits per heavy atom. The maximum atomic E-state index is 11.6. The van der Waals surface area contributed by atoms with Gasteiger partial charge in [0, 0.05) is 0 Å². The van der Waals surface area contributed by atoms with Crippen molar-refractivity contribution >= 4 is 11.7 Å². The third-order valence-electron chi connectivity index (χ3n) is 2.63. The SMILES string of the molecule is CC[C@]1(C)NOC(=O)c2ccccc2N1. The summed E-state index contributed by atoms with van der Waals surface area (Å²) in [7, 11) is 0. The number of carbonyl (C=O) groups excluding carboxylic acids is 1. The molecule has 1 aliphatic heterocycles. The molecule has 0 aromatic heterocycles. The highest BCUT2D eigenvalue weighted by molar-refractivity contribution is 5.96. The molecule has 0 spiro atoms. The van der Waals surface area contributed by atoms with Crippen LogP contribution in [0.2, 0.25) is 0 Å². The van der Waals surface area contributed by atoms with E-state index in [1.54, 1.807) is 6.07 Å². The van der Waals surface area contributed by atoms with E-state index in [0.29, 0.717) is 5.56 Å². The molecule has 1 heterocycles. The van der Waals surface area contributed by atoms with Crippen molar-refractivity contribution in [2.45, 2.75) is 25.9 Å². The molecular weight excluding hydrogens is 192 g/mol. The van der Waals surface area contributed by atoms with Crippen LogP contribution in [0, 0.1) is 0 Å². The van der Waals surface area contributed by atoms with Crippen molar-refractivity contribution in [2.24, 2.45) is 0 Å². The zero-order valence-corrected chi connectivity index (χ0v) is 8.83. The maximum Gasteiger partial charge on any atom is 0.359 e. The van der Waals surface area contributed by atoms with Crippen molar-refractivity contribution in [3.63, 3.8) is 0 Å². The quantitative estimate of drug-likeness (QED) is 0.736. The lowest BCUT2D eigenvalue weighted by molar-refractivity contribution is 0.00507. The summed E-state index contributed by atoms with van der Waals surface area (Å²) in [5, 5.41) is 3.26. The average Bonchev–Trinajstić information content (AvgIpc) is 2.38. The summed E-state index contributed by atoms with van der Waals surface area (Å²) >= 11 is 0. The average molecular weight is 206 g/mol. The smallest absolute Gasteiger partial charge is 0.359 e. The number of hydroxylamine groups is 1. The zero-order valence-electron chi connectivity index (χ0n) is 8.83. The molecule has 0 aliphatic carbocycles. The van der Waals surface area contributed by atoms with E-state index in [4.69, 9.17) is 4.84 Å². The molecule has 1 aliphatic rings. The Bertz CT molecular complexity index is 392. The van der Waals surface area contributed by atoms with Crippen molar-refractivity contribution in [3.05, 3.63) is 29.8 Å². The van der Waals surface area contributed by atoms with Gasteiger partial charge in [0.05, 0.1) is 11.3 Å². The number of rotatable bonds is 1. The van der Waals surface area contributed by atoms with E-state index in [2.05, 4.69) is 10.8 Å². The van der Waals surface area contributed by atoms with E-state index >= 15 is 0 Å². The molecule has 0 bridgehead atoms. The Kier molecular flexibility index (Phi) is 2.36. The first kappa shape index (κ1) is 9.98. The Hall–Kier alpha value is -1.55. The van der Waals surface area contributed by atoms with Crippen LogP contribution >= 0.6 is 0 Å². The van der Waals surface area contributed by atoms with Gasteiger partial charge in [-0.05, 0) is 25.5 Å². The molecule has 1 atom stereocenters. The molecule has 2 rings (SSSR count). The van der Waals surface area contributed by atoms with E-state index in [1.165, 1.54) is 0 Å². The fourth-order valence-electron chi connectivity index (χ4n) is 1.47. The fourth-order valence-corrected chi connectivity index (χ4v) is 1.47. The highest BCUT2D eigenvalue weighted by atomic mass is 16.7. The van der Waals surface area contributed by atoms with E-state index < -0.39 is 5.66 Å². The lowest BCUT2D eigenvalue weighted by Crippen LogP contribution is -2.47. The topological polar surface area (TPSA) is 50.4 Å². The standard InChI is InChI=1S/C11H14N2O2/c1-3-11(2)12-9-7-5-4-6-8(9)10(14)15-13-11/h4-7,12-13H,3H2,1-2H3/t11-/m0/s1. The number of carbonyl (C=O) groups is 1. The summed E-state index contributed by atoms with van der Waals surface area (Å²) in [6.45, 7) is 3.96. The molecule has 1 aromatic rings. The molecule has 4 heteroatoms. The largest absolute Gasteiger partial charge is 0.364 e. The van der Waals surface area contributed by atoms with Gasteiger partial charge < -0.3 is 10.2 Å². The minimum absolute atomic E-state index is 0.352. The molecule has 0 amide bonds. The number of benzene rings is 1. The van der Waals surface area contributed by atoms with Gasteiger partial charge in [0.1, 0.15) is 5.66 Å². The predicted molar refractivity (Wildman–Crippen MR) is 57.3 cm³/mol. The van der Waals surface area contributed by atoms with Gasteiger partial charge in [-0.3, -0.25) is 0 Å². The van der Waals surface area contributed by atoms with Crippen LogP contribution in [0.4, 0.5) is 5.69 Å². The van der Waals surface area contributed by atoms with E-state index in [0.717, 1.165) is 12.1 Å². The summed E-state index contributed by atoms with van der Waals surface area (Å²) in [6, 6.07) is 7.32. The van der Waals surface area contributed by atoms with Crippen molar-refractivity contribution < 1.29 is 9.63 Å². The van der Waals surface area contributed by atoms with Gasteiger partial charge in [-0.15, -0.1) is 5.48 Å².